The second-order valence-corrected chi connectivity index (χ2v) is 4.31. The Hall–Kier alpha value is -1.31. The lowest BCUT2D eigenvalue weighted by atomic mass is 9.74. The molecular weight excluding hydrogens is 196 g/mol. The van der Waals surface area contributed by atoms with E-state index in [0.29, 0.717) is 0 Å². The summed E-state index contributed by atoms with van der Waals surface area (Å²) in [6, 6.07) is 10.7. The Kier molecular flexibility index (Phi) is 3.28. The van der Waals surface area contributed by atoms with Crippen LogP contribution in [-0.2, 0) is 5.41 Å². The Morgan fingerprint density at radius 1 is 1.19 bits per heavy atom. The molecule has 0 bridgehead atoms. The standard InChI is InChI=1S/C14H20N2/c1-3-14(4-2,13-15-10-11-16-13)12-8-6-5-7-9-12/h5-9H,3-4,10-11H2,1-2H3,(H,15,16). The summed E-state index contributed by atoms with van der Waals surface area (Å²) in [5.41, 5.74) is 1.48. The molecule has 0 saturated heterocycles. The van der Waals surface area contributed by atoms with Crippen molar-refractivity contribution in [3.05, 3.63) is 35.9 Å². The number of hydrogen-bond acceptors (Lipinski definition) is 2. The topological polar surface area (TPSA) is 24.4 Å². The predicted molar refractivity (Wildman–Crippen MR) is 69.0 cm³/mol. The van der Waals surface area contributed by atoms with E-state index in [1.807, 2.05) is 0 Å². The molecule has 0 amide bonds. The van der Waals surface area contributed by atoms with Gasteiger partial charge in [-0.25, -0.2) is 0 Å². The number of amidine groups is 1. The Labute approximate surface area is 97.8 Å². The van der Waals surface area contributed by atoms with Gasteiger partial charge in [-0.1, -0.05) is 44.2 Å². The maximum atomic E-state index is 4.63. The van der Waals surface area contributed by atoms with E-state index in [9.17, 15) is 0 Å². The maximum absolute atomic E-state index is 4.63. The first-order chi connectivity index (χ1) is 7.83. The zero-order valence-corrected chi connectivity index (χ0v) is 10.2. The average Bonchev–Trinajstić information content (AvgIpc) is 2.87. The molecule has 2 heteroatoms. The van der Waals surface area contributed by atoms with Crippen LogP contribution in [0.1, 0.15) is 32.3 Å². The van der Waals surface area contributed by atoms with Crippen LogP contribution in [0.25, 0.3) is 0 Å². The van der Waals surface area contributed by atoms with Crippen molar-refractivity contribution in [3.8, 4) is 0 Å². The molecule has 2 rings (SSSR count). The highest BCUT2D eigenvalue weighted by molar-refractivity contribution is 5.94. The molecule has 0 unspecified atom stereocenters. The molecule has 0 fully saturated rings. The maximum Gasteiger partial charge on any atom is 0.107 e. The van der Waals surface area contributed by atoms with Crippen LogP contribution in [-0.4, -0.2) is 18.9 Å². The van der Waals surface area contributed by atoms with Crippen molar-refractivity contribution in [2.24, 2.45) is 4.99 Å². The van der Waals surface area contributed by atoms with Gasteiger partial charge in [-0.15, -0.1) is 0 Å². The molecule has 1 N–H and O–H groups in total. The molecule has 0 aliphatic carbocycles. The van der Waals surface area contributed by atoms with Gasteiger partial charge in [0.25, 0.3) is 0 Å². The molecule has 0 aromatic heterocycles. The zero-order chi connectivity index (χ0) is 11.4. The lowest BCUT2D eigenvalue weighted by molar-refractivity contribution is 0.523. The fraction of sp³-hybridized carbons (Fsp3) is 0.500. The summed E-state index contributed by atoms with van der Waals surface area (Å²) in [4.78, 5) is 4.63. The fourth-order valence-corrected chi connectivity index (χ4v) is 2.61. The van der Waals surface area contributed by atoms with E-state index in [4.69, 9.17) is 0 Å². The van der Waals surface area contributed by atoms with Gasteiger partial charge in [-0.3, -0.25) is 4.99 Å². The van der Waals surface area contributed by atoms with Crippen LogP contribution in [0.5, 0.6) is 0 Å². The molecule has 0 radical (unpaired) electrons. The monoisotopic (exact) mass is 216 g/mol. The van der Waals surface area contributed by atoms with Gasteiger partial charge in [0.15, 0.2) is 0 Å². The summed E-state index contributed by atoms with van der Waals surface area (Å²) in [7, 11) is 0. The molecule has 86 valence electrons. The van der Waals surface area contributed by atoms with Crippen LogP contribution < -0.4 is 5.32 Å². The molecule has 1 heterocycles. The SMILES string of the molecule is CCC(CC)(C1=NCCN1)c1ccccc1. The third-order valence-corrected chi connectivity index (χ3v) is 3.66. The van der Waals surface area contributed by atoms with E-state index in [1.165, 1.54) is 11.4 Å². The predicted octanol–water partition coefficient (Wildman–Crippen LogP) is 2.75. The summed E-state index contributed by atoms with van der Waals surface area (Å²) in [6.45, 7) is 6.41. The fourth-order valence-electron chi connectivity index (χ4n) is 2.61. The molecule has 1 aromatic carbocycles. The van der Waals surface area contributed by atoms with E-state index in [1.54, 1.807) is 0 Å². The smallest absolute Gasteiger partial charge is 0.107 e. The van der Waals surface area contributed by atoms with Crippen molar-refractivity contribution in [2.45, 2.75) is 32.1 Å². The molecular formula is C14H20N2. The van der Waals surface area contributed by atoms with E-state index >= 15 is 0 Å². The highest BCUT2D eigenvalue weighted by Crippen LogP contribution is 2.33. The van der Waals surface area contributed by atoms with Gasteiger partial charge in [-0.2, -0.15) is 0 Å². The highest BCUT2D eigenvalue weighted by Gasteiger charge is 2.35. The minimum atomic E-state index is 0.0950. The van der Waals surface area contributed by atoms with Gasteiger partial charge in [0.2, 0.25) is 0 Å². The Balaban J connectivity index is 2.42. The van der Waals surface area contributed by atoms with Gasteiger partial charge >= 0.3 is 0 Å². The number of rotatable bonds is 4. The summed E-state index contributed by atoms with van der Waals surface area (Å²) < 4.78 is 0. The average molecular weight is 216 g/mol. The molecule has 0 spiro atoms. The molecule has 0 atom stereocenters. The van der Waals surface area contributed by atoms with E-state index < -0.39 is 0 Å². The Bertz CT molecular complexity index is 364. The number of nitrogens with zero attached hydrogens (tertiary/aromatic N) is 1. The largest absolute Gasteiger partial charge is 0.371 e. The van der Waals surface area contributed by atoms with Crippen molar-refractivity contribution in [1.82, 2.24) is 5.32 Å². The van der Waals surface area contributed by atoms with Crippen LogP contribution >= 0.6 is 0 Å². The Morgan fingerprint density at radius 3 is 2.38 bits per heavy atom. The Morgan fingerprint density at radius 2 is 1.88 bits per heavy atom. The number of hydrogen-bond donors (Lipinski definition) is 1. The van der Waals surface area contributed by atoms with Gasteiger partial charge in [0.1, 0.15) is 5.84 Å². The van der Waals surface area contributed by atoms with Crippen LogP contribution in [0.2, 0.25) is 0 Å². The van der Waals surface area contributed by atoms with E-state index in [0.717, 1.165) is 25.9 Å². The van der Waals surface area contributed by atoms with Gasteiger partial charge < -0.3 is 5.32 Å². The highest BCUT2D eigenvalue weighted by atomic mass is 15.1. The third kappa shape index (κ3) is 1.73. The molecule has 0 saturated carbocycles. The molecule has 1 aliphatic rings. The lowest BCUT2D eigenvalue weighted by Crippen LogP contribution is -2.41. The van der Waals surface area contributed by atoms with E-state index in [-0.39, 0.29) is 5.41 Å². The van der Waals surface area contributed by atoms with Crippen LogP contribution in [0.15, 0.2) is 35.3 Å². The molecule has 16 heavy (non-hydrogen) atoms. The number of aliphatic imine (C=N–C) groups is 1. The zero-order valence-electron chi connectivity index (χ0n) is 10.2. The van der Waals surface area contributed by atoms with Crippen molar-refractivity contribution in [3.63, 3.8) is 0 Å². The lowest BCUT2D eigenvalue weighted by Gasteiger charge is -2.32. The molecule has 2 nitrogen and oxygen atoms in total. The quantitative estimate of drug-likeness (QED) is 0.822. The number of benzene rings is 1. The first-order valence-corrected chi connectivity index (χ1v) is 6.18. The minimum absolute atomic E-state index is 0.0950. The second kappa shape index (κ2) is 4.69. The summed E-state index contributed by atoms with van der Waals surface area (Å²) in [5, 5.41) is 3.45. The molecule has 1 aromatic rings. The van der Waals surface area contributed by atoms with Crippen LogP contribution in [0, 0.1) is 0 Å². The van der Waals surface area contributed by atoms with Crippen molar-refractivity contribution in [2.75, 3.05) is 13.1 Å². The van der Waals surface area contributed by atoms with Crippen molar-refractivity contribution >= 4 is 5.84 Å². The minimum Gasteiger partial charge on any atom is -0.371 e. The van der Waals surface area contributed by atoms with Crippen molar-refractivity contribution in [1.29, 1.82) is 0 Å². The van der Waals surface area contributed by atoms with Crippen LogP contribution in [0.4, 0.5) is 0 Å². The second-order valence-electron chi connectivity index (χ2n) is 4.31. The van der Waals surface area contributed by atoms with Gasteiger partial charge in [0.05, 0.1) is 12.0 Å². The third-order valence-electron chi connectivity index (χ3n) is 3.66. The summed E-state index contributed by atoms with van der Waals surface area (Å²) in [5.74, 6) is 1.18. The summed E-state index contributed by atoms with van der Waals surface area (Å²) >= 11 is 0. The van der Waals surface area contributed by atoms with Gasteiger partial charge in [0, 0.05) is 6.54 Å². The first kappa shape index (κ1) is 11.2. The normalized spacial score (nSPS) is 15.8. The van der Waals surface area contributed by atoms with Crippen molar-refractivity contribution < 1.29 is 0 Å². The summed E-state index contributed by atoms with van der Waals surface area (Å²) in [6.07, 6.45) is 2.19. The molecule has 1 aliphatic heterocycles. The van der Waals surface area contributed by atoms with Gasteiger partial charge in [-0.05, 0) is 18.4 Å². The first-order valence-electron chi connectivity index (χ1n) is 6.18. The van der Waals surface area contributed by atoms with E-state index in [2.05, 4.69) is 54.5 Å². The van der Waals surface area contributed by atoms with Crippen LogP contribution in [0.3, 0.4) is 0 Å². The number of nitrogens with one attached hydrogen (secondary N) is 1.